The highest BCUT2D eigenvalue weighted by atomic mass is 79.9. The van der Waals surface area contributed by atoms with E-state index in [1.54, 1.807) is 6.07 Å². The van der Waals surface area contributed by atoms with E-state index in [0.29, 0.717) is 11.3 Å². The van der Waals surface area contributed by atoms with Crippen molar-refractivity contribution in [3.05, 3.63) is 45.4 Å². The van der Waals surface area contributed by atoms with Gasteiger partial charge in [-0.1, -0.05) is 29.8 Å². The van der Waals surface area contributed by atoms with E-state index in [-0.39, 0.29) is 24.0 Å². The molecule has 2 aromatic rings. The summed E-state index contributed by atoms with van der Waals surface area (Å²) in [6.07, 6.45) is 0. The van der Waals surface area contributed by atoms with Gasteiger partial charge >= 0.3 is 0 Å². The van der Waals surface area contributed by atoms with E-state index in [0.717, 1.165) is 10.2 Å². The molecule has 2 rings (SSSR count). The Morgan fingerprint density at radius 2 is 2.24 bits per heavy atom. The van der Waals surface area contributed by atoms with Crippen molar-refractivity contribution in [3.8, 4) is 0 Å². The highest BCUT2D eigenvalue weighted by molar-refractivity contribution is 9.10. The summed E-state index contributed by atoms with van der Waals surface area (Å²) < 4.78 is 13.9. The number of nitrogens with two attached hydrogens (primary N) is 1. The molecule has 4 N–H and O–H groups in total. The summed E-state index contributed by atoms with van der Waals surface area (Å²) in [5.74, 6) is -0.605. The van der Waals surface area contributed by atoms with Crippen molar-refractivity contribution in [2.45, 2.75) is 26.3 Å². The molecule has 1 aromatic heterocycles. The molecule has 0 aliphatic carbocycles. The minimum absolute atomic E-state index is 0.149. The molecule has 1 heterocycles. The number of nitrogens with zero attached hydrogens (tertiary/aromatic N) is 1. The first-order valence-electron chi connectivity index (χ1n) is 6.46. The Morgan fingerprint density at radius 3 is 2.86 bits per heavy atom. The largest absolute Gasteiger partial charge is 0.395 e. The normalized spacial score (nSPS) is 10.9. The molecule has 1 amide bonds. The van der Waals surface area contributed by atoms with Crippen LogP contribution in [0.25, 0.3) is 0 Å². The molecule has 0 atom stereocenters. The molecule has 1 aromatic carbocycles. The van der Waals surface area contributed by atoms with E-state index in [1.807, 2.05) is 13.8 Å². The number of hydrogen-bond donors (Lipinski definition) is 3. The van der Waals surface area contributed by atoms with Gasteiger partial charge in [0.1, 0.15) is 5.82 Å². The second-order valence-corrected chi connectivity index (χ2v) is 5.83. The molecule has 0 aliphatic heterocycles. The lowest BCUT2D eigenvalue weighted by Gasteiger charge is -2.07. The fraction of sp³-hybridized carbons (Fsp3) is 0.286. The van der Waals surface area contributed by atoms with Gasteiger partial charge in [0.2, 0.25) is 0 Å². The topological polar surface area (TPSA) is 83.8 Å². The van der Waals surface area contributed by atoms with Crippen LogP contribution in [0.15, 0.2) is 22.7 Å². The van der Waals surface area contributed by atoms with Crippen molar-refractivity contribution in [3.63, 3.8) is 0 Å². The number of halogens is 2. The van der Waals surface area contributed by atoms with Crippen LogP contribution < -0.4 is 11.1 Å². The number of benzene rings is 1. The maximum atomic E-state index is 13.2. The fourth-order valence-electron chi connectivity index (χ4n) is 1.92. The monoisotopic (exact) mass is 354 g/mol. The van der Waals surface area contributed by atoms with Crippen molar-refractivity contribution in [1.29, 1.82) is 0 Å². The Balaban J connectivity index is 2.10. The standard InChI is InChI=1S/C14H16BrFN4O/c1-7(2)12-11(17)13(20-19-12)14(21)18-6-8-5-9(16)3-4-10(8)15/h3-5,7H,6,17H2,1-2H3,(H,18,21)(H,19,20). The average Bonchev–Trinajstić information content (AvgIpc) is 2.81. The molecule has 0 radical (unpaired) electrons. The maximum Gasteiger partial charge on any atom is 0.274 e. The number of carbonyl (C=O) groups excluding carboxylic acids is 1. The average molecular weight is 355 g/mol. The molecule has 0 saturated carbocycles. The minimum Gasteiger partial charge on any atom is -0.395 e. The van der Waals surface area contributed by atoms with Gasteiger partial charge in [0.25, 0.3) is 5.91 Å². The first-order chi connectivity index (χ1) is 9.90. The molecule has 0 spiro atoms. The van der Waals surface area contributed by atoms with Crippen LogP contribution in [0.3, 0.4) is 0 Å². The van der Waals surface area contributed by atoms with Gasteiger partial charge in [0.05, 0.1) is 11.4 Å². The van der Waals surface area contributed by atoms with Crippen molar-refractivity contribution < 1.29 is 9.18 Å². The zero-order valence-corrected chi connectivity index (χ0v) is 13.3. The van der Waals surface area contributed by atoms with Gasteiger partial charge in [0.15, 0.2) is 5.69 Å². The summed E-state index contributed by atoms with van der Waals surface area (Å²) in [4.78, 5) is 12.1. The van der Waals surface area contributed by atoms with Gasteiger partial charge in [-0.15, -0.1) is 0 Å². The van der Waals surface area contributed by atoms with E-state index in [4.69, 9.17) is 5.73 Å². The summed E-state index contributed by atoms with van der Waals surface area (Å²) in [7, 11) is 0. The molecular weight excluding hydrogens is 339 g/mol. The number of H-pyrrole nitrogens is 1. The Morgan fingerprint density at radius 1 is 1.52 bits per heavy atom. The summed E-state index contributed by atoms with van der Waals surface area (Å²) in [6.45, 7) is 4.09. The molecule has 0 aliphatic rings. The van der Waals surface area contributed by atoms with Crippen LogP contribution >= 0.6 is 15.9 Å². The molecule has 5 nitrogen and oxygen atoms in total. The third-order valence-electron chi connectivity index (χ3n) is 3.07. The third-order valence-corrected chi connectivity index (χ3v) is 3.85. The molecular formula is C14H16BrFN4O. The van der Waals surface area contributed by atoms with Gasteiger partial charge in [-0.05, 0) is 29.7 Å². The highest BCUT2D eigenvalue weighted by Crippen LogP contribution is 2.22. The smallest absolute Gasteiger partial charge is 0.274 e. The lowest BCUT2D eigenvalue weighted by atomic mass is 10.1. The SMILES string of the molecule is CC(C)c1[nH]nc(C(=O)NCc2cc(F)ccc2Br)c1N. The Bertz CT molecular complexity index is 669. The minimum atomic E-state index is -0.396. The van der Waals surface area contributed by atoms with Gasteiger partial charge in [-0.2, -0.15) is 5.10 Å². The molecule has 0 bridgehead atoms. The number of aromatic nitrogens is 2. The van der Waals surface area contributed by atoms with E-state index in [1.165, 1.54) is 12.1 Å². The number of carbonyl (C=O) groups is 1. The van der Waals surface area contributed by atoms with Crippen LogP contribution in [0.1, 0.15) is 41.5 Å². The summed E-state index contributed by atoms with van der Waals surface area (Å²) >= 11 is 3.31. The van der Waals surface area contributed by atoms with E-state index >= 15 is 0 Å². The number of hydrogen-bond acceptors (Lipinski definition) is 3. The number of amides is 1. The number of nitrogens with one attached hydrogen (secondary N) is 2. The summed E-state index contributed by atoms with van der Waals surface area (Å²) in [5, 5.41) is 9.39. The Labute approximate surface area is 130 Å². The number of anilines is 1. The quantitative estimate of drug-likeness (QED) is 0.789. The van der Waals surface area contributed by atoms with Crippen molar-refractivity contribution in [1.82, 2.24) is 15.5 Å². The van der Waals surface area contributed by atoms with Crippen LogP contribution in [-0.2, 0) is 6.54 Å². The Hall–Kier alpha value is -1.89. The second-order valence-electron chi connectivity index (χ2n) is 4.97. The van der Waals surface area contributed by atoms with Gasteiger partial charge in [-0.3, -0.25) is 9.89 Å². The molecule has 112 valence electrons. The van der Waals surface area contributed by atoms with E-state index < -0.39 is 5.91 Å². The van der Waals surface area contributed by atoms with Crippen molar-refractivity contribution in [2.75, 3.05) is 5.73 Å². The van der Waals surface area contributed by atoms with Crippen molar-refractivity contribution in [2.24, 2.45) is 0 Å². The van der Waals surface area contributed by atoms with Gasteiger partial charge in [0, 0.05) is 11.0 Å². The van der Waals surface area contributed by atoms with Gasteiger partial charge in [-0.25, -0.2) is 4.39 Å². The number of rotatable bonds is 4. The zero-order valence-electron chi connectivity index (χ0n) is 11.7. The van der Waals surface area contributed by atoms with Gasteiger partial charge < -0.3 is 11.1 Å². The summed E-state index contributed by atoms with van der Waals surface area (Å²) in [6, 6.07) is 4.30. The molecule has 21 heavy (non-hydrogen) atoms. The highest BCUT2D eigenvalue weighted by Gasteiger charge is 2.18. The molecule has 7 heteroatoms. The van der Waals surface area contributed by atoms with Crippen LogP contribution in [0.2, 0.25) is 0 Å². The number of nitrogen functional groups attached to an aromatic ring is 1. The third kappa shape index (κ3) is 3.41. The first-order valence-corrected chi connectivity index (χ1v) is 7.25. The molecule has 0 saturated heterocycles. The predicted molar refractivity (Wildman–Crippen MR) is 82.4 cm³/mol. The second kappa shape index (κ2) is 6.26. The zero-order chi connectivity index (χ0) is 15.6. The lowest BCUT2D eigenvalue weighted by molar-refractivity contribution is 0.0946. The van der Waals surface area contributed by atoms with E-state index in [9.17, 15) is 9.18 Å². The van der Waals surface area contributed by atoms with E-state index in [2.05, 4.69) is 31.4 Å². The maximum absolute atomic E-state index is 13.2. The van der Waals surface area contributed by atoms with Crippen LogP contribution in [0.4, 0.5) is 10.1 Å². The van der Waals surface area contributed by atoms with Crippen LogP contribution in [0, 0.1) is 5.82 Å². The lowest BCUT2D eigenvalue weighted by Crippen LogP contribution is -2.24. The predicted octanol–water partition coefficient (Wildman–Crippen LogP) is 2.95. The number of aromatic amines is 1. The first kappa shape index (κ1) is 15.5. The van der Waals surface area contributed by atoms with Crippen LogP contribution in [0.5, 0.6) is 0 Å². The molecule has 0 fully saturated rings. The summed E-state index contributed by atoms with van der Waals surface area (Å²) in [5.41, 5.74) is 7.78. The Kier molecular flexibility index (Phi) is 4.62. The molecule has 0 unspecified atom stereocenters. The van der Waals surface area contributed by atoms with Crippen LogP contribution in [-0.4, -0.2) is 16.1 Å². The van der Waals surface area contributed by atoms with Crippen molar-refractivity contribution >= 4 is 27.5 Å². The fourth-order valence-corrected chi connectivity index (χ4v) is 2.30.